The van der Waals surface area contributed by atoms with Gasteiger partial charge in [-0.15, -0.1) is 0 Å². The van der Waals surface area contributed by atoms with Crippen LogP contribution in [0.15, 0.2) is 15.4 Å². The van der Waals surface area contributed by atoms with Crippen molar-refractivity contribution in [2.24, 2.45) is 0 Å². The summed E-state index contributed by atoms with van der Waals surface area (Å²) in [7, 11) is -3.52. The van der Waals surface area contributed by atoms with Crippen molar-refractivity contribution in [2.45, 2.75) is 37.3 Å². The molecule has 0 saturated carbocycles. The van der Waals surface area contributed by atoms with Crippen LogP contribution >= 0.6 is 0 Å². The Hall–Kier alpha value is -0.890. The van der Waals surface area contributed by atoms with Gasteiger partial charge < -0.3 is 9.52 Å². The van der Waals surface area contributed by atoms with Gasteiger partial charge in [-0.2, -0.15) is 4.31 Å². The zero-order chi connectivity index (χ0) is 14.3. The summed E-state index contributed by atoms with van der Waals surface area (Å²) in [6.07, 6.45) is 2.22. The number of aryl methyl sites for hydroxylation is 1. The van der Waals surface area contributed by atoms with Crippen LogP contribution in [-0.4, -0.2) is 55.0 Å². The lowest BCUT2D eigenvalue weighted by Crippen LogP contribution is -2.51. The zero-order valence-corrected chi connectivity index (χ0v) is 12.4. The molecule has 7 heteroatoms. The highest BCUT2D eigenvalue weighted by Gasteiger charge is 2.37. The van der Waals surface area contributed by atoms with E-state index in [0.29, 0.717) is 30.7 Å². The molecule has 2 fully saturated rings. The number of furan rings is 1. The van der Waals surface area contributed by atoms with Gasteiger partial charge in [-0.3, -0.25) is 4.90 Å². The number of hydrogen-bond donors (Lipinski definition) is 1. The van der Waals surface area contributed by atoms with Gasteiger partial charge in [0.1, 0.15) is 23.0 Å². The molecular weight excluding hydrogens is 280 g/mol. The average Bonchev–Trinajstić information content (AvgIpc) is 3.03. The first-order valence-corrected chi connectivity index (χ1v) is 8.41. The maximum Gasteiger partial charge on any atom is 0.246 e. The topological polar surface area (TPSA) is 74.0 Å². The molecule has 2 saturated heterocycles. The van der Waals surface area contributed by atoms with Gasteiger partial charge in [0.2, 0.25) is 10.0 Å². The number of piperazine rings is 1. The van der Waals surface area contributed by atoms with Crippen LogP contribution in [0.5, 0.6) is 0 Å². The maximum atomic E-state index is 12.7. The molecule has 3 rings (SSSR count). The van der Waals surface area contributed by atoms with Crippen LogP contribution in [0.2, 0.25) is 0 Å². The normalized spacial score (nSPS) is 25.0. The van der Waals surface area contributed by atoms with E-state index in [0.717, 1.165) is 25.9 Å². The summed E-state index contributed by atoms with van der Waals surface area (Å²) in [4.78, 5) is 2.56. The fourth-order valence-electron chi connectivity index (χ4n) is 3.18. The summed E-state index contributed by atoms with van der Waals surface area (Å²) < 4.78 is 32.2. The highest BCUT2D eigenvalue weighted by Crippen LogP contribution is 2.28. The first-order valence-electron chi connectivity index (χ1n) is 6.97. The number of hydrogen-bond acceptors (Lipinski definition) is 5. The Morgan fingerprint density at radius 3 is 2.90 bits per heavy atom. The SMILES string of the molecule is Cc1oc(CO)cc1S(=O)(=O)N1CCN2CCCC2C1. The standard InChI is InChI=1S/C13H20N2O4S/c1-10-13(7-12(9-16)19-10)20(17,18)15-6-5-14-4-2-3-11(14)8-15/h7,11,16H,2-6,8-9H2,1H3. The van der Waals surface area contributed by atoms with E-state index in [1.54, 1.807) is 11.2 Å². The fourth-order valence-corrected chi connectivity index (χ4v) is 4.83. The lowest BCUT2D eigenvalue weighted by atomic mass is 10.2. The van der Waals surface area contributed by atoms with Crippen LogP contribution in [0.3, 0.4) is 0 Å². The third kappa shape index (κ3) is 2.28. The van der Waals surface area contributed by atoms with E-state index in [-0.39, 0.29) is 11.5 Å². The van der Waals surface area contributed by atoms with Crippen LogP contribution in [0.25, 0.3) is 0 Å². The Kier molecular flexibility index (Phi) is 3.62. The van der Waals surface area contributed by atoms with E-state index in [9.17, 15) is 8.42 Å². The molecule has 0 amide bonds. The third-order valence-corrected chi connectivity index (χ3v) is 6.22. The fraction of sp³-hybridized carbons (Fsp3) is 0.692. The lowest BCUT2D eigenvalue weighted by molar-refractivity contribution is 0.158. The molecule has 2 aliphatic rings. The first-order chi connectivity index (χ1) is 9.52. The van der Waals surface area contributed by atoms with Gasteiger partial charge in [0.25, 0.3) is 0 Å². The summed E-state index contributed by atoms with van der Waals surface area (Å²) in [5.41, 5.74) is 0. The second-order valence-electron chi connectivity index (χ2n) is 5.49. The Balaban J connectivity index is 1.86. The van der Waals surface area contributed by atoms with Crippen molar-refractivity contribution in [3.63, 3.8) is 0 Å². The maximum absolute atomic E-state index is 12.7. The molecule has 2 aliphatic heterocycles. The third-order valence-electron chi connectivity index (χ3n) is 4.25. The molecule has 1 aromatic rings. The molecule has 1 atom stereocenters. The number of rotatable bonds is 3. The van der Waals surface area contributed by atoms with Crippen LogP contribution in [0.1, 0.15) is 24.4 Å². The largest absolute Gasteiger partial charge is 0.462 e. The predicted octanol–water partition coefficient (Wildman–Crippen LogP) is 0.549. The Bertz CT molecular complexity index is 596. The van der Waals surface area contributed by atoms with E-state index in [2.05, 4.69) is 4.90 Å². The van der Waals surface area contributed by atoms with Gasteiger partial charge in [-0.05, 0) is 26.3 Å². The van der Waals surface area contributed by atoms with Crippen molar-refractivity contribution < 1.29 is 17.9 Å². The number of aliphatic hydroxyl groups is 1. The van der Waals surface area contributed by atoms with E-state index in [4.69, 9.17) is 9.52 Å². The molecular formula is C13H20N2O4S. The monoisotopic (exact) mass is 300 g/mol. The van der Waals surface area contributed by atoms with Gasteiger partial charge in [0, 0.05) is 31.7 Å². The van der Waals surface area contributed by atoms with Gasteiger partial charge in [-0.1, -0.05) is 0 Å². The Morgan fingerprint density at radius 2 is 2.20 bits per heavy atom. The van der Waals surface area contributed by atoms with Gasteiger partial charge in [-0.25, -0.2) is 8.42 Å². The van der Waals surface area contributed by atoms with Crippen molar-refractivity contribution >= 4 is 10.0 Å². The summed E-state index contributed by atoms with van der Waals surface area (Å²) >= 11 is 0. The zero-order valence-electron chi connectivity index (χ0n) is 11.6. The first kappa shape index (κ1) is 14.1. The quantitative estimate of drug-likeness (QED) is 0.882. The molecule has 0 bridgehead atoms. The molecule has 0 aliphatic carbocycles. The highest BCUT2D eigenvalue weighted by atomic mass is 32.2. The smallest absolute Gasteiger partial charge is 0.246 e. The Morgan fingerprint density at radius 1 is 1.40 bits per heavy atom. The van der Waals surface area contributed by atoms with E-state index >= 15 is 0 Å². The van der Waals surface area contributed by atoms with Crippen LogP contribution < -0.4 is 0 Å². The number of aliphatic hydroxyl groups excluding tert-OH is 1. The van der Waals surface area contributed by atoms with Crippen molar-refractivity contribution in [1.82, 2.24) is 9.21 Å². The van der Waals surface area contributed by atoms with Crippen molar-refractivity contribution in [2.75, 3.05) is 26.2 Å². The predicted molar refractivity (Wildman–Crippen MR) is 72.7 cm³/mol. The Labute approximate surface area is 119 Å². The molecule has 0 aromatic carbocycles. The van der Waals surface area contributed by atoms with Gasteiger partial charge in [0.05, 0.1) is 0 Å². The van der Waals surface area contributed by atoms with Gasteiger partial charge in [0.15, 0.2) is 0 Å². The summed E-state index contributed by atoms with van der Waals surface area (Å²) in [5, 5.41) is 9.07. The van der Waals surface area contributed by atoms with E-state index in [1.807, 2.05) is 0 Å². The van der Waals surface area contributed by atoms with Crippen molar-refractivity contribution in [3.8, 4) is 0 Å². The lowest BCUT2D eigenvalue weighted by Gasteiger charge is -2.36. The molecule has 1 aromatic heterocycles. The van der Waals surface area contributed by atoms with Crippen molar-refractivity contribution in [3.05, 3.63) is 17.6 Å². The molecule has 3 heterocycles. The van der Waals surface area contributed by atoms with E-state index in [1.165, 1.54) is 6.07 Å². The van der Waals surface area contributed by atoms with Crippen LogP contribution in [-0.2, 0) is 16.6 Å². The molecule has 1 unspecified atom stereocenters. The molecule has 0 radical (unpaired) electrons. The summed E-state index contributed by atoms with van der Waals surface area (Å²) in [6, 6.07) is 1.79. The summed E-state index contributed by atoms with van der Waals surface area (Å²) in [5.74, 6) is 0.642. The molecule has 6 nitrogen and oxygen atoms in total. The second kappa shape index (κ2) is 5.14. The molecule has 112 valence electrons. The van der Waals surface area contributed by atoms with Crippen LogP contribution in [0.4, 0.5) is 0 Å². The average molecular weight is 300 g/mol. The van der Waals surface area contributed by atoms with Crippen LogP contribution in [0, 0.1) is 6.92 Å². The number of fused-ring (bicyclic) bond motifs is 1. The molecule has 20 heavy (non-hydrogen) atoms. The summed E-state index contributed by atoms with van der Waals surface area (Å²) in [6.45, 7) is 4.30. The molecule has 0 spiro atoms. The van der Waals surface area contributed by atoms with E-state index < -0.39 is 10.0 Å². The van der Waals surface area contributed by atoms with Gasteiger partial charge >= 0.3 is 0 Å². The van der Waals surface area contributed by atoms with Crippen molar-refractivity contribution in [1.29, 1.82) is 0 Å². The minimum atomic E-state index is -3.52. The minimum absolute atomic E-state index is 0.188. The number of nitrogens with zero attached hydrogens (tertiary/aromatic N) is 2. The minimum Gasteiger partial charge on any atom is -0.462 e. The second-order valence-corrected chi connectivity index (χ2v) is 7.39. The molecule has 1 N–H and O–H groups in total. The highest BCUT2D eigenvalue weighted by molar-refractivity contribution is 7.89. The number of sulfonamides is 1.